The van der Waals surface area contributed by atoms with Gasteiger partial charge in [-0.1, -0.05) is 6.92 Å². The van der Waals surface area contributed by atoms with Crippen LogP contribution in [0.15, 0.2) is 12.1 Å². The zero-order valence-electron chi connectivity index (χ0n) is 9.19. The van der Waals surface area contributed by atoms with Gasteiger partial charge in [-0.3, -0.25) is 0 Å². The molecule has 4 heteroatoms. The quantitative estimate of drug-likeness (QED) is 0.747. The molecular weight excluding hydrogens is 222 g/mol. The van der Waals surface area contributed by atoms with Crippen LogP contribution in [0.25, 0.3) is 0 Å². The number of terminal acetylenes is 1. The van der Waals surface area contributed by atoms with Crippen LogP contribution < -0.4 is 5.32 Å². The minimum absolute atomic E-state index is 0.306. The number of thiophene rings is 1. The second-order valence-corrected chi connectivity index (χ2v) is 4.63. The van der Waals surface area contributed by atoms with Crippen molar-refractivity contribution in [2.24, 2.45) is 0 Å². The lowest BCUT2D eigenvalue weighted by Gasteiger charge is -2.12. The Labute approximate surface area is 99.5 Å². The largest absolute Gasteiger partial charge is 0.477 e. The Kier molecular flexibility index (Phi) is 5.03. The number of carbonyl (C=O) groups is 1. The van der Waals surface area contributed by atoms with Crippen LogP contribution in [0.5, 0.6) is 0 Å². The molecule has 0 fully saturated rings. The molecule has 16 heavy (non-hydrogen) atoms. The van der Waals surface area contributed by atoms with Crippen molar-refractivity contribution in [3.8, 4) is 12.3 Å². The van der Waals surface area contributed by atoms with Crippen molar-refractivity contribution in [2.45, 2.75) is 32.4 Å². The Hall–Kier alpha value is -1.31. The van der Waals surface area contributed by atoms with Crippen molar-refractivity contribution in [1.82, 2.24) is 5.32 Å². The van der Waals surface area contributed by atoms with E-state index in [2.05, 4.69) is 18.2 Å². The van der Waals surface area contributed by atoms with Gasteiger partial charge in [0.15, 0.2) is 0 Å². The van der Waals surface area contributed by atoms with Crippen molar-refractivity contribution in [1.29, 1.82) is 0 Å². The van der Waals surface area contributed by atoms with Gasteiger partial charge >= 0.3 is 5.97 Å². The molecular formula is C12H15NO2S. The van der Waals surface area contributed by atoms with Crippen LogP contribution in [-0.4, -0.2) is 17.1 Å². The van der Waals surface area contributed by atoms with Crippen molar-refractivity contribution >= 4 is 17.3 Å². The van der Waals surface area contributed by atoms with Gasteiger partial charge in [0, 0.05) is 23.9 Å². The van der Waals surface area contributed by atoms with Gasteiger partial charge in [-0.05, 0) is 18.6 Å². The zero-order chi connectivity index (χ0) is 12.0. The Bertz CT molecular complexity index is 392. The SMILES string of the molecule is C#CCC(CC)NCc1ccc(C(=O)O)s1. The van der Waals surface area contributed by atoms with Crippen molar-refractivity contribution in [3.63, 3.8) is 0 Å². The van der Waals surface area contributed by atoms with E-state index in [4.69, 9.17) is 11.5 Å². The number of aromatic carboxylic acids is 1. The summed E-state index contributed by atoms with van der Waals surface area (Å²) in [5, 5.41) is 12.1. The standard InChI is InChI=1S/C12H15NO2S/c1-3-5-9(4-2)13-8-10-6-7-11(16-10)12(14)15/h1,6-7,9,13H,4-5,8H2,2H3,(H,14,15). The fraction of sp³-hybridized carbons (Fsp3) is 0.417. The molecule has 0 aliphatic heterocycles. The molecule has 1 unspecified atom stereocenters. The lowest BCUT2D eigenvalue weighted by atomic mass is 10.1. The van der Waals surface area contributed by atoms with E-state index in [9.17, 15) is 4.79 Å². The van der Waals surface area contributed by atoms with Crippen LogP contribution >= 0.6 is 11.3 Å². The zero-order valence-corrected chi connectivity index (χ0v) is 10.0. The molecule has 86 valence electrons. The predicted molar refractivity (Wildman–Crippen MR) is 65.6 cm³/mol. The minimum Gasteiger partial charge on any atom is -0.477 e. The molecule has 0 aliphatic rings. The summed E-state index contributed by atoms with van der Waals surface area (Å²) >= 11 is 1.30. The number of nitrogens with one attached hydrogen (secondary N) is 1. The van der Waals surface area contributed by atoms with Crippen LogP contribution in [0.1, 0.15) is 34.3 Å². The van der Waals surface area contributed by atoms with E-state index in [0.29, 0.717) is 23.9 Å². The Balaban J connectivity index is 2.47. The van der Waals surface area contributed by atoms with E-state index in [1.165, 1.54) is 11.3 Å². The molecule has 3 nitrogen and oxygen atoms in total. The second-order valence-electron chi connectivity index (χ2n) is 3.47. The fourth-order valence-corrected chi connectivity index (χ4v) is 2.13. The van der Waals surface area contributed by atoms with Crippen molar-refractivity contribution in [3.05, 3.63) is 21.9 Å². The fourth-order valence-electron chi connectivity index (χ4n) is 1.34. The third kappa shape index (κ3) is 3.69. The average molecular weight is 237 g/mol. The van der Waals surface area contributed by atoms with Gasteiger partial charge in [-0.15, -0.1) is 23.7 Å². The van der Waals surface area contributed by atoms with Crippen LogP contribution in [0.4, 0.5) is 0 Å². The molecule has 0 aromatic carbocycles. The summed E-state index contributed by atoms with van der Waals surface area (Å²) in [6.45, 7) is 2.75. The van der Waals surface area contributed by atoms with Gasteiger partial charge in [-0.25, -0.2) is 4.79 Å². The maximum absolute atomic E-state index is 10.7. The molecule has 1 heterocycles. The summed E-state index contributed by atoms with van der Waals surface area (Å²) in [5.41, 5.74) is 0. The summed E-state index contributed by atoms with van der Waals surface area (Å²) in [5.74, 6) is 1.76. The first kappa shape index (κ1) is 12.8. The molecule has 0 radical (unpaired) electrons. The average Bonchev–Trinajstić information content (AvgIpc) is 2.73. The van der Waals surface area contributed by atoms with E-state index >= 15 is 0 Å². The molecule has 1 aromatic heterocycles. The van der Waals surface area contributed by atoms with Crippen molar-refractivity contribution < 1.29 is 9.90 Å². The lowest BCUT2D eigenvalue weighted by Crippen LogP contribution is -2.26. The predicted octanol–water partition coefficient (Wildman–Crippen LogP) is 2.34. The lowest BCUT2D eigenvalue weighted by molar-refractivity contribution is 0.0702. The molecule has 0 aliphatic carbocycles. The number of rotatable bonds is 6. The van der Waals surface area contributed by atoms with Gasteiger partial charge in [0.05, 0.1) is 0 Å². The maximum Gasteiger partial charge on any atom is 0.345 e. The van der Waals surface area contributed by atoms with Gasteiger partial charge < -0.3 is 10.4 Å². The summed E-state index contributed by atoms with van der Waals surface area (Å²) in [6, 6.07) is 3.77. The van der Waals surface area contributed by atoms with Crippen LogP contribution in [-0.2, 0) is 6.54 Å². The molecule has 0 saturated heterocycles. The highest BCUT2D eigenvalue weighted by atomic mass is 32.1. The van der Waals surface area contributed by atoms with Crippen LogP contribution in [0.2, 0.25) is 0 Å². The first-order valence-corrected chi connectivity index (χ1v) is 5.97. The number of hydrogen-bond acceptors (Lipinski definition) is 3. The summed E-state index contributed by atoms with van der Waals surface area (Å²) in [6.07, 6.45) is 6.93. The second kappa shape index (κ2) is 6.31. The highest BCUT2D eigenvalue weighted by Gasteiger charge is 2.08. The molecule has 1 atom stereocenters. The van der Waals surface area contributed by atoms with Crippen LogP contribution in [0, 0.1) is 12.3 Å². The molecule has 0 spiro atoms. The first-order chi connectivity index (χ1) is 7.67. The number of hydrogen-bond donors (Lipinski definition) is 2. The molecule has 0 amide bonds. The van der Waals surface area contributed by atoms with Gasteiger partial charge in [-0.2, -0.15) is 0 Å². The third-order valence-corrected chi connectivity index (χ3v) is 3.37. The minimum atomic E-state index is -0.869. The molecule has 0 saturated carbocycles. The highest BCUT2D eigenvalue weighted by molar-refractivity contribution is 7.13. The van der Waals surface area contributed by atoms with E-state index in [1.54, 1.807) is 6.07 Å². The van der Waals surface area contributed by atoms with Gasteiger partial charge in [0.2, 0.25) is 0 Å². The smallest absolute Gasteiger partial charge is 0.345 e. The summed E-state index contributed by atoms with van der Waals surface area (Å²) in [7, 11) is 0. The Morgan fingerprint density at radius 1 is 1.69 bits per heavy atom. The molecule has 0 bridgehead atoms. The normalized spacial score (nSPS) is 12.0. The summed E-state index contributed by atoms with van der Waals surface area (Å²) in [4.78, 5) is 12.1. The monoisotopic (exact) mass is 237 g/mol. The molecule has 2 N–H and O–H groups in total. The third-order valence-electron chi connectivity index (χ3n) is 2.29. The molecule has 1 rings (SSSR count). The molecule has 1 aromatic rings. The van der Waals surface area contributed by atoms with E-state index in [0.717, 1.165) is 11.3 Å². The Morgan fingerprint density at radius 2 is 2.44 bits per heavy atom. The highest BCUT2D eigenvalue weighted by Crippen LogP contribution is 2.16. The maximum atomic E-state index is 10.7. The van der Waals surface area contributed by atoms with Crippen molar-refractivity contribution in [2.75, 3.05) is 0 Å². The summed E-state index contributed by atoms with van der Waals surface area (Å²) < 4.78 is 0. The van der Waals surface area contributed by atoms with E-state index in [-0.39, 0.29) is 0 Å². The van der Waals surface area contributed by atoms with Gasteiger partial charge in [0.1, 0.15) is 4.88 Å². The topological polar surface area (TPSA) is 49.3 Å². The number of carboxylic acids is 1. The van der Waals surface area contributed by atoms with E-state index in [1.807, 2.05) is 6.07 Å². The van der Waals surface area contributed by atoms with E-state index < -0.39 is 5.97 Å². The number of carboxylic acid groups (broad SMARTS) is 1. The Morgan fingerprint density at radius 3 is 2.94 bits per heavy atom. The van der Waals surface area contributed by atoms with Gasteiger partial charge in [0.25, 0.3) is 0 Å². The van der Waals surface area contributed by atoms with Crippen LogP contribution in [0.3, 0.4) is 0 Å². The first-order valence-electron chi connectivity index (χ1n) is 5.16.